The third kappa shape index (κ3) is 2.68. The van der Waals surface area contributed by atoms with E-state index in [0.29, 0.717) is 10.8 Å². The highest BCUT2D eigenvalue weighted by Gasteiger charge is 2.57. The molecular formula is C25H42. The van der Waals surface area contributed by atoms with Gasteiger partial charge >= 0.3 is 0 Å². The predicted octanol–water partition coefficient (Wildman–Crippen LogP) is 7.64. The lowest BCUT2D eigenvalue weighted by Crippen LogP contribution is -2.48. The van der Waals surface area contributed by atoms with Gasteiger partial charge in [0.15, 0.2) is 0 Å². The molecule has 4 rings (SSSR count). The summed E-state index contributed by atoms with van der Waals surface area (Å²) in [6.07, 6.45) is 17.5. The Morgan fingerprint density at radius 3 is 2.68 bits per heavy atom. The molecule has 0 aromatic carbocycles. The van der Waals surface area contributed by atoms with Gasteiger partial charge in [-0.1, -0.05) is 59.1 Å². The van der Waals surface area contributed by atoms with Crippen molar-refractivity contribution in [2.45, 2.75) is 98.8 Å². The Hall–Kier alpha value is -0.260. The summed E-state index contributed by atoms with van der Waals surface area (Å²) in [4.78, 5) is 0. The van der Waals surface area contributed by atoms with E-state index in [4.69, 9.17) is 0 Å². The molecule has 0 amide bonds. The van der Waals surface area contributed by atoms with Gasteiger partial charge in [-0.3, -0.25) is 0 Å². The molecule has 0 nitrogen and oxygen atoms in total. The van der Waals surface area contributed by atoms with E-state index in [1.165, 1.54) is 64.2 Å². The van der Waals surface area contributed by atoms with Gasteiger partial charge in [0.05, 0.1) is 0 Å². The van der Waals surface area contributed by atoms with Gasteiger partial charge in [-0.2, -0.15) is 0 Å². The zero-order chi connectivity index (χ0) is 17.8. The molecule has 142 valence electrons. The van der Waals surface area contributed by atoms with E-state index in [1.807, 2.05) is 5.57 Å². The van der Waals surface area contributed by atoms with Gasteiger partial charge in [0.2, 0.25) is 0 Å². The maximum absolute atomic E-state index is 2.81. The van der Waals surface area contributed by atoms with Gasteiger partial charge < -0.3 is 0 Å². The summed E-state index contributed by atoms with van der Waals surface area (Å²) >= 11 is 0. The Labute approximate surface area is 157 Å². The number of hydrogen-bond acceptors (Lipinski definition) is 0. The average molecular weight is 343 g/mol. The van der Waals surface area contributed by atoms with Crippen LogP contribution in [-0.4, -0.2) is 0 Å². The Balaban J connectivity index is 1.62. The van der Waals surface area contributed by atoms with Crippen molar-refractivity contribution in [2.75, 3.05) is 0 Å². The van der Waals surface area contributed by atoms with Crippen molar-refractivity contribution in [3.63, 3.8) is 0 Å². The van der Waals surface area contributed by atoms with E-state index in [1.54, 1.807) is 0 Å². The highest BCUT2D eigenvalue weighted by molar-refractivity contribution is 5.28. The van der Waals surface area contributed by atoms with Crippen LogP contribution in [0.4, 0.5) is 0 Å². The molecule has 0 aliphatic heterocycles. The number of hydrogen-bond donors (Lipinski definition) is 0. The molecule has 8 atom stereocenters. The molecule has 25 heavy (non-hydrogen) atoms. The topological polar surface area (TPSA) is 0 Å². The molecule has 3 unspecified atom stereocenters. The van der Waals surface area contributed by atoms with Gasteiger partial charge in [-0.05, 0) is 97.7 Å². The maximum atomic E-state index is 2.81. The lowest BCUT2D eigenvalue weighted by Gasteiger charge is -2.57. The van der Waals surface area contributed by atoms with Gasteiger partial charge in [0.25, 0.3) is 0 Å². The lowest BCUT2D eigenvalue weighted by molar-refractivity contribution is 0.0106. The summed E-state index contributed by atoms with van der Waals surface area (Å²) in [6, 6.07) is 0. The lowest BCUT2D eigenvalue weighted by atomic mass is 9.48. The number of fused-ring (bicyclic) bond motifs is 5. The monoisotopic (exact) mass is 342 g/mol. The van der Waals surface area contributed by atoms with Crippen molar-refractivity contribution < 1.29 is 0 Å². The van der Waals surface area contributed by atoms with Crippen LogP contribution in [0.25, 0.3) is 0 Å². The minimum Gasteiger partial charge on any atom is -0.0839 e. The fraction of sp³-hybridized carbons (Fsp3) is 0.920. The molecule has 3 saturated carbocycles. The van der Waals surface area contributed by atoms with Crippen LogP contribution in [0.15, 0.2) is 11.6 Å². The van der Waals surface area contributed by atoms with E-state index < -0.39 is 0 Å². The Morgan fingerprint density at radius 2 is 1.92 bits per heavy atom. The molecule has 0 heteroatoms. The second-order valence-corrected chi connectivity index (χ2v) is 11.1. The molecule has 0 N–H and O–H groups in total. The minimum atomic E-state index is 0.559. The smallest absolute Gasteiger partial charge is 0.00851 e. The first-order valence-corrected chi connectivity index (χ1v) is 11.6. The Kier molecular flexibility index (Phi) is 4.65. The summed E-state index contributed by atoms with van der Waals surface area (Å²) in [5.41, 5.74) is 3.11. The molecule has 3 fully saturated rings. The first kappa shape index (κ1) is 18.1. The van der Waals surface area contributed by atoms with Crippen LogP contribution in [0, 0.1) is 46.3 Å². The summed E-state index contributed by atoms with van der Waals surface area (Å²) < 4.78 is 0. The zero-order valence-electron chi connectivity index (χ0n) is 17.6. The molecule has 0 saturated heterocycles. The van der Waals surface area contributed by atoms with Crippen LogP contribution in [0.3, 0.4) is 0 Å². The number of allylic oxidation sites excluding steroid dienone is 2. The molecule has 0 radical (unpaired) electrons. The van der Waals surface area contributed by atoms with Crippen molar-refractivity contribution >= 4 is 0 Å². The summed E-state index contributed by atoms with van der Waals surface area (Å²) in [5, 5.41) is 0. The molecule has 4 aliphatic carbocycles. The quantitative estimate of drug-likeness (QED) is 0.462. The van der Waals surface area contributed by atoms with Crippen LogP contribution in [0.1, 0.15) is 98.8 Å². The fourth-order valence-corrected chi connectivity index (χ4v) is 8.37. The van der Waals surface area contributed by atoms with Crippen LogP contribution >= 0.6 is 0 Å². The molecule has 0 aromatic heterocycles. The second kappa shape index (κ2) is 6.42. The van der Waals surface area contributed by atoms with Gasteiger partial charge in [0.1, 0.15) is 0 Å². The van der Waals surface area contributed by atoms with Crippen LogP contribution in [0.5, 0.6) is 0 Å². The molecule has 0 heterocycles. The van der Waals surface area contributed by atoms with E-state index in [2.05, 4.69) is 40.7 Å². The summed E-state index contributed by atoms with van der Waals surface area (Å²) in [7, 11) is 0. The number of rotatable bonds is 3. The highest BCUT2D eigenvalue weighted by atomic mass is 14.6. The Bertz CT molecular complexity index is 530. The van der Waals surface area contributed by atoms with Crippen LogP contribution < -0.4 is 0 Å². The highest BCUT2D eigenvalue weighted by Crippen LogP contribution is 2.66. The molecule has 4 aliphatic rings. The third-order valence-electron chi connectivity index (χ3n) is 9.79. The van der Waals surface area contributed by atoms with Crippen LogP contribution in [0.2, 0.25) is 0 Å². The first-order chi connectivity index (χ1) is 11.9. The normalized spacial score (nSPS) is 50.4. The second-order valence-electron chi connectivity index (χ2n) is 11.1. The zero-order valence-corrected chi connectivity index (χ0v) is 17.6. The van der Waals surface area contributed by atoms with E-state index in [-0.39, 0.29) is 0 Å². The van der Waals surface area contributed by atoms with Crippen molar-refractivity contribution in [3.8, 4) is 0 Å². The van der Waals surface area contributed by atoms with Crippen LogP contribution in [-0.2, 0) is 0 Å². The van der Waals surface area contributed by atoms with Crippen molar-refractivity contribution in [1.82, 2.24) is 0 Å². The van der Waals surface area contributed by atoms with E-state index >= 15 is 0 Å². The van der Waals surface area contributed by atoms with Crippen molar-refractivity contribution in [2.24, 2.45) is 46.3 Å². The maximum Gasteiger partial charge on any atom is -0.00851 e. The Morgan fingerprint density at radius 1 is 1.12 bits per heavy atom. The van der Waals surface area contributed by atoms with Gasteiger partial charge in [0, 0.05) is 0 Å². The van der Waals surface area contributed by atoms with E-state index in [0.717, 1.165) is 35.5 Å². The predicted molar refractivity (Wildman–Crippen MR) is 108 cm³/mol. The minimum absolute atomic E-state index is 0.559. The SMILES string of the molecule is CCC[C@@H](C)C1CCC2C3CC[C@@H]4C[C@H](C)CC[C@]4(C)C3=CC[C@@]21C. The van der Waals surface area contributed by atoms with Gasteiger partial charge in [-0.15, -0.1) is 0 Å². The molecule has 0 bridgehead atoms. The first-order valence-electron chi connectivity index (χ1n) is 11.6. The fourth-order valence-electron chi connectivity index (χ4n) is 8.37. The summed E-state index contributed by atoms with van der Waals surface area (Å²) in [5.74, 6) is 5.79. The van der Waals surface area contributed by atoms with Gasteiger partial charge in [-0.25, -0.2) is 0 Å². The molecular weight excluding hydrogens is 300 g/mol. The average Bonchev–Trinajstić information content (AvgIpc) is 2.93. The largest absolute Gasteiger partial charge is 0.0839 e. The molecule has 0 spiro atoms. The third-order valence-corrected chi connectivity index (χ3v) is 9.79. The summed E-state index contributed by atoms with van der Waals surface area (Å²) in [6.45, 7) is 12.8. The molecule has 0 aromatic rings. The van der Waals surface area contributed by atoms with Crippen molar-refractivity contribution in [3.05, 3.63) is 11.6 Å². The van der Waals surface area contributed by atoms with E-state index in [9.17, 15) is 0 Å². The standard InChI is InChI=1S/C25H42/c1-6-7-18(3)21-10-11-22-20-9-8-19-16-17(2)12-14-24(19,4)23(20)13-15-25(21,22)5/h13,17-22H,6-12,14-16H2,1-5H3/t17-,18-,19-,20?,21?,22?,24+,25-/m1/s1. The van der Waals surface area contributed by atoms with Crippen molar-refractivity contribution in [1.29, 1.82) is 0 Å².